The second-order valence-corrected chi connectivity index (χ2v) is 8.29. The van der Waals surface area contributed by atoms with Crippen LogP contribution in [0.5, 0.6) is 5.75 Å². The molecule has 1 heterocycles. The molecule has 4 rings (SSSR count). The molecule has 170 valence electrons. The van der Waals surface area contributed by atoms with Crippen molar-refractivity contribution >= 4 is 5.97 Å². The Bertz CT molecular complexity index is 1210. The number of hydrogen-bond donors (Lipinski definition) is 1. The van der Waals surface area contributed by atoms with Crippen molar-refractivity contribution < 1.29 is 18.8 Å². The summed E-state index contributed by atoms with van der Waals surface area (Å²) in [5, 5.41) is 17.0. The molecular formula is C25H26N4O4. The number of ether oxygens (including phenoxy) is 2. The van der Waals surface area contributed by atoms with E-state index in [4.69, 9.17) is 14.0 Å². The maximum absolute atomic E-state index is 11.8. The third-order valence-electron chi connectivity index (χ3n) is 5.65. The van der Waals surface area contributed by atoms with E-state index in [1.165, 1.54) is 7.11 Å². The lowest BCUT2D eigenvalue weighted by molar-refractivity contribution is -0.142. The third-order valence-corrected chi connectivity index (χ3v) is 5.65. The van der Waals surface area contributed by atoms with Gasteiger partial charge in [0.1, 0.15) is 17.9 Å². The Balaban J connectivity index is 1.61. The van der Waals surface area contributed by atoms with Gasteiger partial charge < -0.3 is 14.0 Å². The molecular weight excluding hydrogens is 420 g/mol. The van der Waals surface area contributed by atoms with Gasteiger partial charge >= 0.3 is 5.97 Å². The second kappa shape index (κ2) is 9.43. The van der Waals surface area contributed by atoms with Crippen LogP contribution >= 0.6 is 0 Å². The monoisotopic (exact) mass is 446 g/mol. The SMILES string of the molecule is COC(=O)[C@@H](C)N[C@H]1CCc2c(-c3noc(-c4ccc(OC(C)C)c(C#N)c4)n3)cccc21. The van der Waals surface area contributed by atoms with E-state index in [1.807, 2.05) is 26.0 Å². The van der Waals surface area contributed by atoms with E-state index in [9.17, 15) is 10.1 Å². The number of esters is 1. The average Bonchev–Trinajstić information content (AvgIpc) is 3.46. The second-order valence-electron chi connectivity index (χ2n) is 8.29. The molecule has 0 fully saturated rings. The lowest BCUT2D eigenvalue weighted by atomic mass is 10.0. The Morgan fingerprint density at radius 1 is 1.27 bits per heavy atom. The summed E-state index contributed by atoms with van der Waals surface area (Å²) in [6.07, 6.45) is 1.66. The zero-order valence-electron chi connectivity index (χ0n) is 19.1. The maximum atomic E-state index is 11.8. The number of aromatic nitrogens is 2. The fourth-order valence-electron chi connectivity index (χ4n) is 4.14. The van der Waals surface area contributed by atoms with Gasteiger partial charge in [0, 0.05) is 17.2 Å². The van der Waals surface area contributed by atoms with Gasteiger partial charge in [-0.1, -0.05) is 23.4 Å². The molecule has 0 radical (unpaired) electrons. The number of nitrogens with one attached hydrogen (secondary N) is 1. The normalized spacial score (nSPS) is 15.7. The van der Waals surface area contributed by atoms with E-state index in [0.29, 0.717) is 28.6 Å². The molecule has 2 atom stereocenters. The van der Waals surface area contributed by atoms with E-state index < -0.39 is 6.04 Å². The predicted molar refractivity (Wildman–Crippen MR) is 121 cm³/mol. The maximum Gasteiger partial charge on any atom is 0.322 e. The molecule has 1 aliphatic carbocycles. The van der Waals surface area contributed by atoms with E-state index in [-0.39, 0.29) is 18.1 Å². The Morgan fingerprint density at radius 3 is 2.82 bits per heavy atom. The Hall–Kier alpha value is -3.70. The number of nitriles is 1. The van der Waals surface area contributed by atoms with Gasteiger partial charge in [-0.2, -0.15) is 10.2 Å². The molecule has 1 aromatic heterocycles. The number of fused-ring (bicyclic) bond motifs is 1. The summed E-state index contributed by atoms with van der Waals surface area (Å²) in [4.78, 5) is 16.4. The molecule has 33 heavy (non-hydrogen) atoms. The first-order valence-corrected chi connectivity index (χ1v) is 10.9. The number of carbonyl (C=O) groups is 1. The summed E-state index contributed by atoms with van der Waals surface area (Å²) in [5.41, 5.74) is 4.22. The van der Waals surface area contributed by atoms with Crippen LogP contribution in [-0.4, -0.2) is 35.4 Å². The van der Waals surface area contributed by atoms with E-state index in [1.54, 1.807) is 25.1 Å². The number of hydrogen-bond acceptors (Lipinski definition) is 8. The van der Waals surface area contributed by atoms with Crippen molar-refractivity contribution in [1.29, 1.82) is 5.26 Å². The Morgan fingerprint density at radius 2 is 2.09 bits per heavy atom. The molecule has 0 spiro atoms. The quantitative estimate of drug-likeness (QED) is 0.538. The molecule has 0 amide bonds. The highest BCUT2D eigenvalue weighted by Crippen LogP contribution is 2.38. The topological polar surface area (TPSA) is 110 Å². The molecule has 0 unspecified atom stereocenters. The predicted octanol–water partition coefficient (Wildman–Crippen LogP) is 4.20. The van der Waals surface area contributed by atoms with Crippen LogP contribution in [0.3, 0.4) is 0 Å². The van der Waals surface area contributed by atoms with Gasteiger partial charge in [0.25, 0.3) is 5.89 Å². The van der Waals surface area contributed by atoms with E-state index in [0.717, 1.165) is 29.5 Å². The van der Waals surface area contributed by atoms with Crippen LogP contribution in [0.25, 0.3) is 22.8 Å². The Kier molecular flexibility index (Phi) is 6.43. The van der Waals surface area contributed by atoms with Crippen molar-refractivity contribution in [2.24, 2.45) is 0 Å². The minimum absolute atomic E-state index is 0.0351. The summed E-state index contributed by atoms with van der Waals surface area (Å²) >= 11 is 0. The molecule has 0 saturated heterocycles. The summed E-state index contributed by atoms with van der Waals surface area (Å²) in [7, 11) is 1.39. The summed E-state index contributed by atoms with van der Waals surface area (Å²) in [6, 6.07) is 13.0. The van der Waals surface area contributed by atoms with E-state index in [2.05, 4.69) is 27.6 Å². The van der Waals surface area contributed by atoms with Crippen molar-refractivity contribution in [3.8, 4) is 34.7 Å². The van der Waals surface area contributed by atoms with Gasteiger partial charge in [0.05, 0.1) is 18.8 Å². The molecule has 0 saturated carbocycles. The Labute approximate surface area is 192 Å². The molecule has 0 aliphatic heterocycles. The molecule has 2 aromatic carbocycles. The number of benzene rings is 2. The first-order chi connectivity index (χ1) is 15.9. The number of nitrogens with zero attached hydrogens (tertiary/aromatic N) is 3. The van der Waals surface area contributed by atoms with Gasteiger partial charge in [-0.15, -0.1) is 0 Å². The first-order valence-electron chi connectivity index (χ1n) is 10.9. The lowest BCUT2D eigenvalue weighted by Gasteiger charge is -2.18. The van der Waals surface area contributed by atoms with E-state index >= 15 is 0 Å². The molecule has 3 aromatic rings. The number of carbonyl (C=O) groups excluding carboxylic acids is 1. The van der Waals surface area contributed by atoms with Crippen LogP contribution in [0.1, 0.15) is 49.9 Å². The fraction of sp³-hybridized carbons (Fsp3) is 0.360. The van der Waals surface area contributed by atoms with Gasteiger partial charge in [-0.25, -0.2) is 0 Å². The zero-order chi connectivity index (χ0) is 23.5. The molecule has 0 bridgehead atoms. The minimum atomic E-state index is -0.400. The zero-order valence-corrected chi connectivity index (χ0v) is 19.1. The fourth-order valence-corrected chi connectivity index (χ4v) is 4.14. The molecule has 8 nitrogen and oxygen atoms in total. The standard InChI is InChI=1S/C25H26N4O4/c1-14(2)32-22-11-8-16(12-17(22)13-26)24-28-23(29-33-24)20-7-5-6-19-18(20)9-10-21(19)27-15(3)25(30)31-4/h5-8,11-12,14-15,21,27H,9-10H2,1-4H3/t15-,21+/m1/s1. The summed E-state index contributed by atoms with van der Waals surface area (Å²) in [5.74, 6) is 1.06. The first kappa shape index (κ1) is 22.5. The van der Waals surface area contributed by atoms with Crippen molar-refractivity contribution in [1.82, 2.24) is 15.5 Å². The van der Waals surface area contributed by atoms with Gasteiger partial charge in [-0.3, -0.25) is 10.1 Å². The number of methoxy groups -OCH3 is 1. The van der Waals surface area contributed by atoms with Gasteiger partial charge in [0.15, 0.2) is 0 Å². The van der Waals surface area contributed by atoms with Crippen LogP contribution in [0.4, 0.5) is 0 Å². The number of rotatable bonds is 7. The van der Waals surface area contributed by atoms with Crippen LogP contribution < -0.4 is 10.1 Å². The van der Waals surface area contributed by atoms with Crippen molar-refractivity contribution in [3.05, 3.63) is 53.1 Å². The van der Waals surface area contributed by atoms with Crippen molar-refractivity contribution in [2.45, 2.75) is 51.8 Å². The molecule has 1 aliphatic rings. The van der Waals surface area contributed by atoms with Crippen LogP contribution in [0.2, 0.25) is 0 Å². The summed E-state index contributed by atoms with van der Waals surface area (Å²) in [6.45, 7) is 5.62. The van der Waals surface area contributed by atoms with Crippen molar-refractivity contribution in [3.63, 3.8) is 0 Å². The van der Waals surface area contributed by atoms with Gasteiger partial charge in [0.2, 0.25) is 5.82 Å². The van der Waals surface area contributed by atoms with Crippen molar-refractivity contribution in [2.75, 3.05) is 7.11 Å². The van der Waals surface area contributed by atoms with Crippen LogP contribution in [0, 0.1) is 11.3 Å². The van der Waals surface area contributed by atoms with Crippen LogP contribution in [-0.2, 0) is 16.0 Å². The highest BCUT2D eigenvalue weighted by atomic mass is 16.5. The van der Waals surface area contributed by atoms with Crippen LogP contribution in [0.15, 0.2) is 40.9 Å². The minimum Gasteiger partial charge on any atom is -0.490 e. The largest absolute Gasteiger partial charge is 0.490 e. The third kappa shape index (κ3) is 4.59. The average molecular weight is 447 g/mol. The van der Waals surface area contributed by atoms with Gasteiger partial charge in [-0.05, 0) is 62.9 Å². The molecule has 8 heteroatoms. The highest BCUT2D eigenvalue weighted by molar-refractivity contribution is 5.75. The smallest absolute Gasteiger partial charge is 0.322 e. The highest BCUT2D eigenvalue weighted by Gasteiger charge is 2.29. The summed E-state index contributed by atoms with van der Waals surface area (Å²) < 4.78 is 16.1. The lowest BCUT2D eigenvalue weighted by Crippen LogP contribution is -2.36. The molecule has 1 N–H and O–H groups in total.